The molecular weight excluding hydrogens is 364 g/mol. The molecule has 0 bridgehead atoms. The van der Waals surface area contributed by atoms with Crippen LogP contribution < -0.4 is 4.74 Å². The second kappa shape index (κ2) is 7.37. The van der Waals surface area contributed by atoms with E-state index in [0.717, 1.165) is 43.3 Å². The fourth-order valence-electron chi connectivity index (χ4n) is 4.22. The maximum absolute atomic E-state index is 6.01. The van der Waals surface area contributed by atoms with Gasteiger partial charge in [-0.2, -0.15) is 0 Å². The number of aromatic nitrogens is 3. The van der Waals surface area contributed by atoms with E-state index >= 15 is 0 Å². The summed E-state index contributed by atoms with van der Waals surface area (Å²) in [5, 5.41) is 9.93. The van der Waals surface area contributed by atoms with Crippen LogP contribution >= 0.6 is 0 Å². The van der Waals surface area contributed by atoms with Crippen molar-refractivity contribution in [3.63, 3.8) is 0 Å². The van der Waals surface area contributed by atoms with E-state index in [-0.39, 0.29) is 5.92 Å². The first kappa shape index (κ1) is 17.9. The minimum Gasteiger partial charge on any atom is -0.497 e. The molecule has 6 nitrogen and oxygen atoms in total. The molecule has 0 radical (unpaired) electrons. The molecule has 2 aromatic heterocycles. The van der Waals surface area contributed by atoms with Gasteiger partial charge < -0.3 is 13.7 Å². The van der Waals surface area contributed by atoms with Gasteiger partial charge in [0.1, 0.15) is 5.75 Å². The number of fused-ring (bicyclic) bond motifs is 1. The van der Waals surface area contributed by atoms with Crippen LogP contribution in [0.5, 0.6) is 5.75 Å². The number of aryl methyl sites for hydroxylation is 1. The molecule has 5 rings (SSSR count). The maximum atomic E-state index is 6.01. The summed E-state index contributed by atoms with van der Waals surface area (Å²) in [5.41, 5.74) is 3.56. The van der Waals surface area contributed by atoms with E-state index in [9.17, 15) is 0 Å². The summed E-state index contributed by atoms with van der Waals surface area (Å²) < 4.78 is 13.4. The zero-order chi connectivity index (χ0) is 19.8. The van der Waals surface area contributed by atoms with Crippen molar-refractivity contribution in [1.82, 2.24) is 19.7 Å². The van der Waals surface area contributed by atoms with E-state index in [0.29, 0.717) is 5.89 Å². The minimum absolute atomic E-state index is 0.282. The number of ether oxygens (including phenoxy) is 1. The number of methoxy groups -OCH3 is 1. The van der Waals surface area contributed by atoms with Gasteiger partial charge in [0.2, 0.25) is 11.8 Å². The van der Waals surface area contributed by atoms with Gasteiger partial charge in [0.25, 0.3) is 0 Å². The zero-order valence-corrected chi connectivity index (χ0v) is 16.7. The predicted octanol–water partition coefficient (Wildman–Crippen LogP) is 4.23. The Morgan fingerprint density at radius 2 is 1.93 bits per heavy atom. The van der Waals surface area contributed by atoms with E-state index in [1.807, 2.05) is 24.3 Å². The molecule has 6 heteroatoms. The predicted molar refractivity (Wildman–Crippen MR) is 112 cm³/mol. The van der Waals surface area contributed by atoms with Crippen LogP contribution in [0.4, 0.5) is 0 Å². The van der Waals surface area contributed by atoms with Crippen LogP contribution in [0.25, 0.3) is 22.4 Å². The third-order valence-electron chi connectivity index (χ3n) is 5.77. The molecule has 1 fully saturated rings. The maximum Gasteiger partial charge on any atom is 0.247 e. The van der Waals surface area contributed by atoms with Crippen molar-refractivity contribution < 1.29 is 9.15 Å². The molecule has 1 aliphatic heterocycles. The van der Waals surface area contributed by atoms with Gasteiger partial charge in [0.05, 0.1) is 13.0 Å². The summed E-state index contributed by atoms with van der Waals surface area (Å²) >= 11 is 0. The highest BCUT2D eigenvalue weighted by Crippen LogP contribution is 2.31. The molecule has 29 heavy (non-hydrogen) atoms. The van der Waals surface area contributed by atoms with E-state index < -0.39 is 0 Å². The first-order valence-electron chi connectivity index (χ1n) is 9.94. The molecule has 3 heterocycles. The van der Waals surface area contributed by atoms with Crippen molar-refractivity contribution in [3.8, 4) is 17.2 Å². The van der Waals surface area contributed by atoms with Crippen LogP contribution in [-0.2, 0) is 13.6 Å². The molecule has 0 aliphatic carbocycles. The molecule has 1 aliphatic rings. The Bertz CT molecular complexity index is 1130. The molecule has 0 saturated carbocycles. The first-order chi connectivity index (χ1) is 14.2. The topological polar surface area (TPSA) is 56.3 Å². The quantitative estimate of drug-likeness (QED) is 0.512. The summed E-state index contributed by atoms with van der Waals surface area (Å²) in [6.45, 7) is 2.92. The molecule has 1 unspecified atom stereocenters. The number of hydrogen-bond acceptors (Lipinski definition) is 5. The van der Waals surface area contributed by atoms with Gasteiger partial charge in [-0.1, -0.05) is 18.2 Å². The lowest BCUT2D eigenvalue weighted by molar-refractivity contribution is 0.321. The highest BCUT2D eigenvalue weighted by atomic mass is 16.5. The molecular formula is C23H24N4O2. The Balaban J connectivity index is 1.29. The lowest BCUT2D eigenvalue weighted by atomic mass is 10.1. The third kappa shape index (κ3) is 3.40. The lowest BCUT2D eigenvalue weighted by Gasteiger charge is -2.14. The van der Waals surface area contributed by atoms with Gasteiger partial charge in [-0.05, 0) is 48.9 Å². The molecule has 0 amide bonds. The van der Waals surface area contributed by atoms with E-state index in [4.69, 9.17) is 9.15 Å². The van der Waals surface area contributed by atoms with Crippen molar-refractivity contribution >= 4 is 10.9 Å². The van der Waals surface area contributed by atoms with Gasteiger partial charge >= 0.3 is 0 Å². The highest BCUT2D eigenvalue weighted by molar-refractivity contribution is 5.83. The standard InChI is InChI=1S/C23H24N4O2/c1-26-13-18(20-5-3-4-6-21(20)26)15-27-12-11-17(14-27)23-25-24-22(29-23)16-7-9-19(28-2)10-8-16/h3-10,13,17H,11-12,14-15H2,1-2H3. The summed E-state index contributed by atoms with van der Waals surface area (Å²) in [6.07, 6.45) is 3.28. The monoisotopic (exact) mass is 388 g/mol. The summed E-state index contributed by atoms with van der Waals surface area (Å²) in [6, 6.07) is 16.3. The van der Waals surface area contributed by atoms with Crippen LogP contribution in [-0.4, -0.2) is 39.9 Å². The molecule has 2 aromatic carbocycles. The number of para-hydroxylation sites is 1. The summed E-state index contributed by atoms with van der Waals surface area (Å²) in [4.78, 5) is 2.48. The average Bonchev–Trinajstić information content (AvgIpc) is 3.49. The second-order valence-corrected chi connectivity index (χ2v) is 7.68. The van der Waals surface area contributed by atoms with Crippen molar-refractivity contribution in [3.05, 3.63) is 66.2 Å². The molecule has 0 N–H and O–H groups in total. The Labute approximate surface area is 169 Å². The molecule has 1 atom stereocenters. The van der Waals surface area contributed by atoms with E-state index in [1.54, 1.807) is 7.11 Å². The lowest BCUT2D eigenvalue weighted by Crippen LogP contribution is -2.19. The van der Waals surface area contributed by atoms with Crippen LogP contribution in [0.3, 0.4) is 0 Å². The molecule has 0 spiro atoms. The number of hydrogen-bond donors (Lipinski definition) is 0. The average molecular weight is 388 g/mol. The van der Waals surface area contributed by atoms with Crippen LogP contribution in [0.1, 0.15) is 23.8 Å². The number of likely N-dealkylation sites (tertiary alicyclic amines) is 1. The van der Waals surface area contributed by atoms with Gasteiger partial charge in [-0.25, -0.2) is 0 Å². The number of rotatable bonds is 5. The zero-order valence-electron chi connectivity index (χ0n) is 16.7. The van der Waals surface area contributed by atoms with E-state index in [2.05, 4.69) is 57.2 Å². The third-order valence-corrected chi connectivity index (χ3v) is 5.77. The first-order valence-corrected chi connectivity index (χ1v) is 9.94. The Morgan fingerprint density at radius 3 is 2.76 bits per heavy atom. The fourth-order valence-corrected chi connectivity index (χ4v) is 4.22. The van der Waals surface area contributed by atoms with Gasteiger partial charge in [-0.3, -0.25) is 4.90 Å². The normalized spacial score (nSPS) is 17.2. The minimum atomic E-state index is 0.282. The van der Waals surface area contributed by atoms with Crippen LogP contribution in [0.15, 0.2) is 59.1 Å². The molecule has 1 saturated heterocycles. The van der Waals surface area contributed by atoms with Crippen LogP contribution in [0.2, 0.25) is 0 Å². The Hall–Kier alpha value is -3.12. The van der Waals surface area contributed by atoms with Gasteiger partial charge in [-0.15, -0.1) is 10.2 Å². The van der Waals surface area contributed by atoms with Crippen molar-refractivity contribution in [2.45, 2.75) is 18.9 Å². The Morgan fingerprint density at radius 1 is 1.10 bits per heavy atom. The van der Waals surface area contributed by atoms with Crippen LogP contribution in [0, 0.1) is 0 Å². The SMILES string of the molecule is COc1ccc(-c2nnc(C3CCN(Cc4cn(C)c5ccccc45)C3)o2)cc1. The number of nitrogens with zero attached hydrogens (tertiary/aromatic N) is 4. The summed E-state index contributed by atoms with van der Waals surface area (Å²) in [7, 11) is 3.77. The fraction of sp³-hybridized carbons (Fsp3) is 0.304. The smallest absolute Gasteiger partial charge is 0.247 e. The Kier molecular flexibility index (Phi) is 4.56. The van der Waals surface area contributed by atoms with Gasteiger partial charge in [0.15, 0.2) is 0 Å². The second-order valence-electron chi connectivity index (χ2n) is 7.68. The number of benzene rings is 2. The van der Waals surface area contributed by atoms with Crippen molar-refractivity contribution in [1.29, 1.82) is 0 Å². The largest absolute Gasteiger partial charge is 0.497 e. The summed E-state index contributed by atoms with van der Waals surface area (Å²) in [5.74, 6) is 2.39. The van der Waals surface area contributed by atoms with E-state index in [1.165, 1.54) is 16.5 Å². The highest BCUT2D eigenvalue weighted by Gasteiger charge is 2.29. The molecule has 148 valence electrons. The van der Waals surface area contributed by atoms with Crippen molar-refractivity contribution in [2.24, 2.45) is 7.05 Å². The van der Waals surface area contributed by atoms with Crippen molar-refractivity contribution in [2.75, 3.05) is 20.2 Å². The van der Waals surface area contributed by atoms with Gasteiger partial charge in [0, 0.05) is 42.8 Å². The molecule has 4 aromatic rings.